The average molecular weight is 425 g/mol. The molecule has 5 nitrogen and oxygen atoms in total. The third-order valence-electron chi connectivity index (χ3n) is 5.59. The van der Waals surface area contributed by atoms with E-state index in [1.165, 1.54) is 11.1 Å². The lowest BCUT2D eigenvalue weighted by atomic mass is 9.87. The summed E-state index contributed by atoms with van der Waals surface area (Å²) in [6.45, 7) is 0.586. The number of benzene rings is 2. The second-order valence-corrected chi connectivity index (χ2v) is 7.90. The van der Waals surface area contributed by atoms with Crippen LogP contribution >= 0.6 is 0 Å². The average Bonchev–Trinajstić information content (AvgIpc) is 3.29. The van der Waals surface area contributed by atoms with Gasteiger partial charge in [-0.2, -0.15) is 0 Å². The monoisotopic (exact) mass is 424 g/mol. The maximum absolute atomic E-state index is 12.1. The van der Waals surface area contributed by atoms with E-state index in [0.717, 1.165) is 36.3 Å². The summed E-state index contributed by atoms with van der Waals surface area (Å²) in [6.07, 6.45) is 8.23. The number of carbonyl (C=O) groups is 1. The molecule has 0 fully saturated rings. The maximum Gasteiger partial charge on any atom is 0.224 e. The third kappa shape index (κ3) is 6.14. The molecule has 0 aliphatic rings. The van der Waals surface area contributed by atoms with Crippen molar-refractivity contribution in [3.05, 3.63) is 120 Å². The van der Waals surface area contributed by atoms with Crippen LogP contribution in [-0.2, 0) is 24.1 Å². The van der Waals surface area contributed by atoms with E-state index in [2.05, 4.69) is 80.9 Å². The highest BCUT2D eigenvalue weighted by atomic mass is 16.1. The van der Waals surface area contributed by atoms with Crippen molar-refractivity contribution in [2.24, 2.45) is 0 Å². The minimum Gasteiger partial charge on any atom is -0.355 e. The van der Waals surface area contributed by atoms with Crippen molar-refractivity contribution < 1.29 is 4.79 Å². The zero-order valence-corrected chi connectivity index (χ0v) is 18.1. The molecule has 0 bridgehead atoms. The van der Waals surface area contributed by atoms with Crippen molar-refractivity contribution in [1.82, 2.24) is 20.3 Å². The van der Waals surface area contributed by atoms with Crippen LogP contribution in [0.1, 0.15) is 40.5 Å². The van der Waals surface area contributed by atoms with Gasteiger partial charge in [-0.15, -0.1) is 0 Å². The minimum atomic E-state index is 0.0181. The number of amides is 1. The van der Waals surface area contributed by atoms with Gasteiger partial charge < -0.3 is 10.3 Å². The topological polar surface area (TPSA) is 70.7 Å². The Morgan fingerprint density at radius 3 is 2.19 bits per heavy atom. The number of carbonyl (C=O) groups excluding carboxylic acids is 1. The van der Waals surface area contributed by atoms with E-state index in [1.54, 1.807) is 12.4 Å². The van der Waals surface area contributed by atoms with Crippen molar-refractivity contribution >= 4 is 5.91 Å². The second-order valence-electron chi connectivity index (χ2n) is 7.90. The van der Waals surface area contributed by atoms with Crippen LogP contribution in [0.15, 0.2) is 91.4 Å². The molecule has 0 spiro atoms. The predicted molar refractivity (Wildman–Crippen MR) is 126 cm³/mol. The lowest BCUT2D eigenvalue weighted by Gasteiger charge is -2.17. The van der Waals surface area contributed by atoms with Gasteiger partial charge in [-0.3, -0.25) is 9.78 Å². The summed E-state index contributed by atoms with van der Waals surface area (Å²) in [5.41, 5.74) is 4.65. The highest BCUT2D eigenvalue weighted by Crippen LogP contribution is 2.28. The predicted octanol–water partition coefficient (Wildman–Crippen LogP) is 4.47. The number of hydrogen-bond donors (Lipinski definition) is 2. The second kappa shape index (κ2) is 11.0. The smallest absolute Gasteiger partial charge is 0.224 e. The van der Waals surface area contributed by atoms with E-state index in [-0.39, 0.29) is 5.91 Å². The van der Waals surface area contributed by atoms with Crippen LogP contribution in [0.3, 0.4) is 0 Å². The number of nitrogens with one attached hydrogen (secondary N) is 2. The fourth-order valence-corrected chi connectivity index (χ4v) is 3.92. The quantitative estimate of drug-likeness (QED) is 0.395. The zero-order chi connectivity index (χ0) is 22.0. The highest BCUT2D eigenvalue weighted by Gasteiger charge is 2.15. The number of aromatic nitrogens is 3. The first-order valence-corrected chi connectivity index (χ1v) is 11.1. The Kier molecular flexibility index (Phi) is 7.42. The molecule has 0 atom stereocenters. The molecule has 4 rings (SSSR count). The molecule has 0 saturated carbocycles. The van der Waals surface area contributed by atoms with Gasteiger partial charge in [0.05, 0.1) is 6.42 Å². The molecule has 0 aliphatic heterocycles. The van der Waals surface area contributed by atoms with Gasteiger partial charge in [-0.05, 0) is 35.2 Å². The van der Waals surface area contributed by atoms with Crippen molar-refractivity contribution in [2.75, 3.05) is 6.54 Å². The normalized spacial score (nSPS) is 10.9. The first-order valence-electron chi connectivity index (χ1n) is 11.1. The minimum absolute atomic E-state index is 0.0181. The van der Waals surface area contributed by atoms with Crippen molar-refractivity contribution in [1.29, 1.82) is 0 Å². The van der Waals surface area contributed by atoms with Crippen LogP contribution in [0.4, 0.5) is 0 Å². The molecule has 2 aromatic heterocycles. The van der Waals surface area contributed by atoms with Gasteiger partial charge in [-0.25, -0.2) is 4.98 Å². The molecular weight excluding hydrogens is 396 g/mol. The molecule has 2 heterocycles. The molecule has 0 aliphatic carbocycles. The van der Waals surface area contributed by atoms with Crippen LogP contribution in [0.2, 0.25) is 0 Å². The number of hydrogen-bond acceptors (Lipinski definition) is 3. The lowest BCUT2D eigenvalue weighted by molar-refractivity contribution is -0.120. The molecule has 32 heavy (non-hydrogen) atoms. The Morgan fingerprint density at radius 1 is 0.875 bits per heavy atom. The van der Waals surface area contributed by atoms with Gasteiger partial charge in [0.25, 0.3) is 0 Å². The fourth-order valence-electron chi connectivity index (χ4n) is 3.92. The Bertz CT molecular complexity index is 1050. The van der Waals surface area contributed by atoms with Crippen LogP contribution in [0, 0.1) is 0 Å². The van der Waals surface area contributed by atoms with Crippen molar-refractivity contribution in [3.8, 4) is 0 Å². The van der Waals surface area contributed by atoms with Gasteiger partial charge >= 0.3 is 0 Å². The van der Waals surface area contributed by atoms with E-state index in [0.29, 0.717) is 18.9 Å². The Hall–Kier alpha value is -3.73. The van der Waals surface area contributed by atoms with Crippen molar-refractivity contribution in [2.45, 2.75) is 31.6 Å². The van der Waals surface area contributed by atoms with Gasteiger partial charge in [0.2, 0.25) is 5.91 Å². The molecule has 2 N–H and O–H groups in total. The first-order chi connectivity index (χ1) is 15.8. The van der Waals surface area contributed by atoms with Gasteiger partial charge in [0.15, 0.2) is 0 Å². The van der Waals surface area contributed by atoms with E-state index >= 15 is 0 Å². The SMILES string of the molecule is O=C(Cc1ccncc1)NCCc1cnc(CCC(c2ccccc2)c2ccccc2)[nH]1. The maximum atomic E-state index is 12.1. The Morgan fingerprint density at radius 2 is 1.53 bits per heavy atom. The van der Waals surface area contributed by atoms with Crippen LogP contribution in [-0.4, -0.2) is 27.4 Å². The fraction of sp³-hybridized carbons (Fsp3) is 0.222. The highest BCUT2D eigenvalue weighted by molar-refractivity contribution is 5.78. The van der Waals surface area contributed by atoms with Gasteiger partial charge in [0, 0.05) is 49.6 Å². The molecule has 2 aromatic carbocycles. The molecular formula is C27H28N4O. The summed E-state index contributed by atoms with van der Waals surface area (Å²) in [5.74, 6) is 1.34. The number of aromatic amines is 1. The molecule has 162 valence electrons. The van der Waals surface area contributed by atoms with E-state index in [9.17, 15) is 4.79 Å². The zero-order valence-electron chi connectivity index (χ0n) is 18.1. The van der Waals surface area contributed by atoms with E-state index in [1.807, 2.05) is 18.3 Å². The third-order valence-corrected chi connectivity index (χ3v) is 5.59. The summed E-state index contributed by atoms with van der Waals surface area (Å²) in [7, 11) is 0. The summed E-state index contributed by atoms with van der Waals surface area (Å²) in [4.78, 5) is 24.1. The summed E-state index contributed by atoms with van der Waals surface area (Å²) >= 11 is 0. The molecule has 5 heteroatoms. The molecule has 0 unspecified atom stereocenters. The van der Waals surface area contributed by atoms with Crippen molar-refractivity contribution in [3.63, 3.8) is 0 Å². The number of nitrogens with zero attached hydrogens (tertiary/aromatic N) is 2. The molecule has 4 aromatic rings. The summed E-state index contributed by atoms with van der Waals surface area (Å²) in [5, 5.41) is 2.97. The van der Waals surface area contributed by atoms with Crippen LogP contribution in [0.5, 0.6) is 0 Å². The molecule has 0 saturated heterocycles. The molecule has 1 amide bonds. The summed E-state index contributed by atoms with van der Waals surface area (Å²) < 4.78 is 0. The number of rotatable bonds is 10. The largest absolute Gasteiger partial charge is 0.355 e. The Balaban J connectivity index is 1.29. The van der Waals surface area contributed by atoms with E-state index in [4.69, 9.17) is 0 Å². The number of imidazole rings is 1. The summed E-state index contributed by atoms with van der Waals surface area (Å²) in [6, 6.07) is 25.0. The standard InChI is InChI=1S/C27H28N4O/c32-27(19-21-13-16-28-17-14-21)29-18-15-24-20-30-26(31-24)12-11-25(22-7-3-1-4-8-22)23-9-5-2-6-10-23/h1-10,13-14,16-17,20,25H,11-12,15,18-19H2,(H,29,32)(H,30,31). The number of aryl methyl sites for hydroxylation is 1. The number of pyridine rings is 1. The first kappa shape index (κ1) is 21.5. The van der Waals surface area contributed by atoms with Crippen LogP contribution < -0.4 is 5.32 Å². The number of H-pyrrole nitrogens is 1. The Labute approximate surface area is 189 Å². The lowest BCUT2D eigenvalue weighted by Crippen LogP contribution is -2.27. The molecule has 0 radical (unpaired) electrons. The van der Waals surface area contributed by atoms with Crippen LogP contribution in [0.25, 0.3) is 0 Å². The van der Waals surface area contributed by atoms with Gasteiger partial charge in [-0.1, -0.05) is 60.7 Å². The van der Waals surface area contributed by atoms with Gasteiger partial charge in [0.1, 0.15) is 5.82 Å². The van der Waals surface area contributed by atoms with E-state index < -0.39 is 0 Å².